The normalized spacial score (nSPS) is 11.9. The fourth-order valence-electron chi connectivity index (χ4n) is 8.20. The highest BCUT2D eigenvalue weighted by Crippen LogP contribution is 2.39. The molecule has 0 amide bonds. The van der Waals surface area contributed by atoms with E-state index in [1.807, 2.05) is 12.1 Å². The molecule has 11 rings (SSSR count). The van der Waals surface area contributed by atoms with Crippen molar-refractivity contribution in [2.75, 3.05) is 0 Å². The second-order valence-electron chi connectivity index (χ2n) is 13.3. The summed E-state index contributed by atoms with van der Waals surface area (Å²) in [4.78, 5) is 0. The van der Waals surface area contributed by atoms with Crippen molar-refractivity contribution < 1.29 is 4.42 Å². The van der Waals surface area contributed by atoms with Crippen LogP contribution in [0, 0.1) is 0 Å². The topological polar surface area (TPSA) is 23.0 Å². The molecule has 0 saturated carbocycles. The molecular weight excluding hydrogens is 621 g/mol. The molecule has 0 spiro atoms. The van der Waals surface area contributed by atoms with E-state index in [1.165, 1.54) is 54.7 Å². The summed E-state index contributed by atoms with van der Waals surface area (Å²) >= 11 is 0. The quantitative estimate of drug-likeness (QED) is 0.186. The molecular formula is C48H30N2O. The summed E-state index contributed by atoms with van der Waals surface area (Å²) in [7, 11) is 0. The van der Waals surface area contributed by atoms with Gasteiger partial charge in [0.1, 0.15) is 11.2 Å². The Morgan fingerprint density at radius 2 is 0.784 bits per heavy atom. The van der Waals surface area contributed by atoms with E-state index in [0.717, 1.165) is 44.4 Å². The Balaban J connectivity index is 0.981. The third kappa shape index (κ3) is 4.19. The number of furan rings is 1. The zero-order valence-electron chi connectivity index (χ0n) is 27.6. The van der Waals surface area contributed by atoms with Crippen LogP contribution in [0.1, 0.15) is 0 Å². The van der Waals surface area contributed by atoms with E-state index in [4.69, 9.17) is 4.42 Å². The van der Waals surface area contributed by atoms with Crippen LogP contribution >= 0.6 is 0 Å². The molecule has 0 N–H and O–H groups in total. The largest absolute Gasteiger partial charge is 0.455 e. The van der Waals surface area contributed by atoms with Gasteiger partial charge in [0.2, 0.25) is 0 Å². The molecule has 3 heterocycles. The van der Waals surface area contributed by atoms with E-state index < -0.39 is 0 Å². The van der Waals surface area contributed by atoms with E-state index in [2.05, 4.69) is 179 Å². The van der Waals surface area contributed by atoms with Crippen molar-refractivity contribution in [3.05, 3.63) is 182 Å². The van der Waals surface area contributed by atoms with Gasteiger partial charge in [0, 0.05) is 49.3 Å². The number of nitrogens with zero attached hydrogens (tertiary/aromatic N) is 2. The average Bonchev–Trinajstić information content (AvgIpc) is 3.86. The number of para-hydroxylation sites is 5. The first kappa shape index (κ1) is 28.0. The molecule has 0 unspecified atom stereocenters. The van der Waals surface area contributed by atoms with Crippen LogP contribution in [0.2, 0.25) is 0 Å². The lowest BCUT2D eigenvalue weighted by Gasteiger charge is -2.11. The Hall–Kier alpha value is -6.84. The summed E-state index contributed by atoms with van der Waals surface area (Å²) in [6.45, 7) is 0. The number of hydrogen-bond donors (Lipinski definition) is 0. The van der Waals surface area contributed by atoms with Crippen molar-refractivity contribution in [1.29, 1.82) is 0 Å². The van der Waals surface area contributed by atoms with Gasteiger partial charge < -0.3 is 13.6 Å². The molecule has 238 valence electrons. The maximum Gasteiger partial charge on any atom is 0.143 e. The van der Waals surface area contributed by atoms with Gasteiger partial charge in [-0.25, -0.2) is 0 Å². The number of aromatic nitrogens is 2. The van der Waals surface area contributed by atoms with Crippen LogP contribution in [0.25, 0.3) is 99.2 Å². The fraction of sp³-hybridized carbons (Fsp3) is 0. The van der Waals surface area contributed by atoms with Crippen LogP contribution in [0.5, 0.6) is 0 Å². The molecule has 0 fully saturated rings. The summed E-state index contributed by atoms with van der Waals surface area (Å²) in [5, 5.41) is 7.33. The Morgan fingerprint density at radius 3 is 1.45 bits per heavy atom. The van der Waals surface area contributed by atoms with Gasteiger partial charge in [-0.15, -0.1) is 0 Å². The molecule has 0 bridgehead atoms. The number of hydrogen-bond acceptors (Lipinski definition) is 1. The highest BCUT2D eigenvalue weighted by atomic mass is 16.3. The molecule has 0 aliphatic carbocycles. The van der Waals surface area contributed by atoms with Gasteiger partial charge in [0.15, 0.2) is 0 Å². The molecule has 3 aromatic heterocycles. The molecule has 11 aromatic rings. The zero-order valence-corrected chi connectivity index (χ0v) is 27.6. The molecule has 0 aliphatic rings. The van der Waals surface area contributed by atoms with Crippen LogP contribution in [0.3, 0.4) is 0 Å². The Bertz CT molecular complexity index is 3070. The number of benzene rings is 8. The molecule has 51 heavy (non-hydrogen) atoms. The average molecular weight is 651 g/mol. The minimum Gasteiger partial charge on any atom is -0.455 e. The van der Waals surface area contributed by atoms with Crippen LogP contribution in [0.4, 0.5) is 0 Å². The number of fused-ring (bicyclic) bond motifs is 9. The maximum absolute atomic E-state index is 6.32. The lowest BCUT2D eigenvalue weighted by atomic mass is 9.98. The molecule has 0 radical (unpaired) electrons. The first-order valence-electron chi connectivity index (χ1n) is 17.4. The standard InChI is InChI=1S/C48H30N2O/c1-5-16-43-37(10-1)38-11-2-6-17-44(38)50(43)35-28-29-46-42(30-35)39-12-3-7-18-45(39)49(46)34-26-24-32(25-27-34)31-20-22-33(23-21-31)36-14-9-15-41-40-13-4-8-19-47(40)51-48(36)41/h1-30H. The molecule has 3 heteroatoms. The first-order chi connectivity index (χ1) is 25.3. The predicted octanol–water partition coefficient (Wildman–Crippen LogP) is 13.1. The van der Waals surface area contributed by atoms with Gasteiger partial charge >= 0.3 is 0 Å². The predicted molar refractivity (Wildman–Crippen MR) is 213 cm³/mol. The highest BCUT2D eigenvalue weighted by Gasteiger charge is 2.17. The molecule has 8 aromatic carbocycles. The van der Waals surface area contributed by atoms with E-state index in [9.17, 15) is 0 Å². The van der Waals surface area contributed by atoms with Crippen molar-refractivity contribution in [1.82, 2.24) is 9.13 Å². The Labute approximate surface area is 293 Å². The third-order valence-corrected chi connectivity index (χ3v) is 10.6. The van der Waals surface area contributed by atoms with Crippen LogP contribution < -0.4 is 0 Å². The summed E-state index contributed by atoms with van der Waals surface area (Å²) in [6, 6.07) is 65.5. The Morgan fingerprint density at radius 1 is 0.314 bits per heavy atom. The van der Waals surface area contributed by atoms with Gasteiger partial charge in [-0.2, -0.15) is 0 Å². The summed E-state index contributed by atoms with van der Waals surface area (Å²) < 4.78 is 11.1. The van der Waals surface area contributed by atoms with Crippen molar-refractivity contribution in [3.8, 4) is 33.6 Å². The van der Waals surface area contributed by atoms with Crippen molar-refractivity contribution >= 4 is 65.6 Å². The van der Waals surface area contributed by atoms with Gasteiger partial charge in [0.25, 0.3) is 0 Å². The van der Waals surface area contributed by atoms with E-state index in [-0.39, 0.29) is 0 Å². The van der Waals surface area contributed by atoms with Gasteiger partial charge in [-0.3, -0.25) is 0 Å². The smallest absolute Gasteiger partial charge is 0.143 e. The van der Waals surface area contributed by atoms with Crippen molar-refractivity contribution in [2.45, 2.75) is 0 Å². The van der Waals surface area contributed by atoms with Crippen molar-refractivity contribution in [2.24, 2.45) is 0 Å². The molecule has 0 aliphatic heterocycles. The molecule has 0 atom stereocenters. The highest BCUT2D eigenvalue weighted by molar-refractivity contribution is 6.12. The molecule has 0 saturated heterocycles. The van der Waals surface area contributed by atoms with Gasteiger partial charge in [0.05, 0.1) is 22.1 Å². The lowest BCUT2D eigenvalue weighted by Crippen LogP contribution is -1.95. The Kier molecular flexibility index (Phi) is 5.96. The zero-order chi connectivity index (χ0) is 33.5. The van der Waals surface area contributed by atoms with Gasteiger partial charge in [-0.1, -0.05) is 127 Å². The number of rotatable bonds is 4. The monoisotopic (exact) mass is 650 g/mol. The minimum atomic E-state index is 0.920. The lowest BCUT2D eigenvalue weighted by molar-refractivity contribution is 0.670. The van der Waals surface area contributed by atoms with Crippen LogP contribution in [-0.2, 0) is 0 Å². The van der Waals surface area contributed by atoms with E-state index >= 15 is 0 Å². The minimum absolute atomic E-state index is 0.920. The molecule has 3 nitrogen and oxygen atoms in total. The van der Waals surface area contributed by atoms with Crippen molar-refractivity contribution in [3.63, 3.8) is 0 Å². The SMILES string of the molecule is c1ccc2c(c1)oc1c(-c3ccc(-c4ccc(-n5c6ccccc6c6cc(-n7c8ccccc8c8ccccc87)ccc65)cc4)cc3)cccc12. The second kappa shape index (κ2) is 10.8. The van der Waals surface area contributed by atoms with Crippen LogP contribution in [0.15, 0.2) is 186 Å². The summed E-state index contributed by atoms with van der Waals surface area (Å²) in [5.74, 6) is 0. The third-order valence-electron chi connectivity index (χ3n) is 10.6. The van der Waals surface area contributed by atoms with Gasteiger partial charge in [-0.05, 0) is 71.3 Å². The summed E-state index contributed by atoms with van der Waals surface area (Å²) in [5.41, 5.74) is 13.6. The second-order valence-corrected chi connectivity index (χ2v) is 13.3. The summed E-state index contributed by atoms with van der Waals surface area (Å²) in [6.07, 6.45) is 0. The first-order valence-corrected chi connectivity index (χ1v) is 17.4. The fourth-order valence-corrected chi connectivity index (χ4v) is 8.20. The maximum atomic E-state index is 6.32. The van der Waals surface area contributed by atoms with E-state index in [0.29, 0.717) is 0 Å². The van der Waals surface area contributed by atoms with Crippen LogP contribution in [-0.4, -0.2) is 9.13 Å². The van der Waals surface area contributed by atoms with E-state index in [1.54, 1.807) is 0 Å².